The van der Waals surface area contributed by atoms with E-state index in [0.29, 0.717) is 0 Å². The number of pyridine rings is 1. The van der Waals surface area contributed by atoms with Gasteiger partial charge in [0.2, 0.25) is 0 Å². The second-order valence-corrected chi connectivity index (χ2v) is 5.11. The van der Waals surface area contributed by atoms with E-state index >= 15 is 0 Å². The van der Waals surface area contributed by atoms with Gasteiger partial charge in [-0.1, -0.05) is 60.7 Å². The molecule has 22 heavy (non-hydrogen) atoms. The lowest BCUT2D eigenvalue weighted by Crippen LogP contribution is -2.03. The molecule has 110 valence electrons. The molecule has 3 rings (SSSR count). The number of nitrogens with one attached hydrogen (secondary N) is 2. The lowest BCUT2D eigenvalue weighted by molar-refractivity contribution is 1.10. The van der Waals surface area contributed by atoms with E-state index in [-0.39, 0.29) is 0 Å². The smallest absolute Gasteiger partial charge is 0.128 e. The molecule has 0 unspecified atom stereocenters. The van der Waals surface area contributed by atoms with E-state index < -0.39 is 0 Å². The van der Waals surface area contributed by atoms with Crippen molar-refractivity contribution in [2.24, 2.45) is 0 Å². The molecule has 0 saturated heterocycles. The maximum Gasteiger partial charge on any atom is 0.128 e. The molecule has 1 aromatic heterocycles. The second kappa shape index (κ2) is 7.27. The molecular formula is C19H19N3. The van der Waals surface area contributed by atoms with Crippen LogP contribution in [0.4, 0.5) is 11.5 Å². The SMILES string of the molecule is c1ccc(CNc2ccnc(NCc3ccccc3)c2)cc1. The molecule has 0 atom stereocenters. The second-order valence-electron chi connectivity index (χ2n) is 5.11. The highest BCUT2D eigenvalue weighted by molar-refractivity contribution is 5.52. The van der Waals surface area contributed by atoms with Crippen LogP contribution in [0.2, 0.25) is 0 Å². The molecule has 0 saturated carbocycles. The van der Waals surface area contributed by atoms with Crippen LogP contribution >= 0.6 is 0 Å². The van der Waals surface area contributed by atoms with Crippen LogP contribution in [0.1, 0.15) is 11.1 Å². The number of hydrogen-bond donors (Lipinski definition) is 2. The van der Waals surface area contributed by atoms with Crippen molar-refractivity contribution in [2.45, 2.75) is 13.1 Å². The highest BCUT2D eigenvalue weighted by Crippen LogP contribution is 2.14. The van der Waals surface area contributed by atoms with Crippen molar-refractivity contribution >= 4 is 11.5 Å². The molecule has 3 nitrogen and oxygen atoms in total. The van der Waals surface area contributed by atoms with Gasteiger partial charge in [-0.3, -0.25) is 0 Å². The Labute approximate surface area is 131 Å². The quantitative estimate of drug-likeness (QED) is 0.710. The predicted molar refractivity (Wildman–Crippen MR) is 91.8 cm³/mol. The lowest BCUT2D eigenvalue weighted by atomic mass is 10.2. The molecule has 0 aliphatic carbocycles. The fourth-order valence-corrected chi connectivity index (χ4v) is 2.23. The summed E-state index contributed by atoms with van der Waals surface area (Å²) >= 11 is 0. The minimum absolute atomic E-state index is 0.774. The van der Waals surface area contributed by atoms with Crippen molar-refractivity contribution in [1.29, 1.82) is 0 Å². The molecule has 3 heteroatoms. The average molecular weight is 289 g/mol. The Hall–Kier alpha value is -2.81. The number of nitrogens with zero attached hydrogens (tertiary/aromatic N) is 1. The van der Waals surface area contributed by atoms with Crippen LogP contribution in [0.25, 0.3) is 0 Å². The molecule has 0 aliphatic heterocycles. The van der Waals surface area contributed by atoms with Gasteiger partial charge in [0.25, 0.3) is 0 Å². The minimum Gasteiger partial charge on any atom is -0.381 e. The van der Waals surface area contributed by atoms with Crippen LogP contribution < -0.4 is 10.6 Å². The van der Waals surface area contributed by atoms with Crippen LogP contribution in [0.3, 0.4) is 0 Å². The molecule has 0 radical (unpaired) electrons. The summed E-state index contributed by atoms with van der Waals surface area (Å²) in [6, 6.07) is 24.7. The zero-order valence-corrected chi connectivity index (χ0v) is 12.4. The number of hydrogen-bond acceptors (Lipinski definition) is 3. The summed E-state index contributed by atoms with van der Waals surface area (Å²) in [5.41, 5.74) is 3.57. The fraction of sp³-hybridized carbons (Fsp3) is 0.105. The zero-order valence-electron chi connectivity index (χ0n) is 12.4. The van der Waals surface area contributed by atoms with Crippen molar-refractivity contribution in [3.05, 3.63) is 90.1 Å². The average Bonchev–Trinajstić information content (AvgIpc) is 2.60. The first-order valence-corrected chi connectivity index (χ1v) is 7.42. The topological polar surface area (TPSA) is 37.0 Å². The Balaban J connectivity index is 1.58. The first-order chi connectivity index (χ1) is 10.9. The van der Waals surface area contributed by atoms with Crippen molar-refractivity contribution < 1.29 is 0 Å². The van der Waals surface area contributed by atoms with E-state index in [1.54, 1.807) is 0 Å². The summed E-state index contributed by atoms with van der Waals surface area (Å²) in [5.74, 6) is 0.877. The van der Waals surface area contributed by atoms with Gasteiger partial charge in [0, 0.05) is 31.0 Å². The number of rotatable bonds is 6. The highest BCUT2D eigenvalue weighted by Gasteiger charge is 1.98. The van der Waals surface area contributed by atoms with Crippen molar-refractivity contribution in [1.82, 2.24) is 4.98 Å². The summed E-state index contributed by atoms with van der Waals surface area (Å²) in [6.07, 6.45) is 1.82. The van der Waals surface area contributed by atoms with Crippen LogP contribution in [0.5, 0.6) is 0 Å². The summed E-state index contributed by atoms with van der Waals surface area (Å²) < 4.78 is 0. The predicted octanol–water partition coefficient (Wildman–Crippen LogP) is 4.31. The molecular weight excluding hydrogens is 270 g/mol. The third kappa shape index (κ3) is 4.09. The van der Waals surface area contributed by atoms with Gasteiger partial charge in [-0.2, -0.15) is 0 Å². The van der Waals surface area contributed by atoms with E-state index in [2.05, 4.69) is 52.0 Å². The van der Waals surface area contributed by atoms with E-state index in [1.807, 2.05) is 42.6 Å². The van der Waals surface area contributed by atoms with Gasteiger partial charge in [-0.05, 0) is 17.2 Å². The first kappa shape index (κ1) is 14.1. The number of anilines is 2. The number of benzene rings is 2. The Kier molecular flexibility index (Phi) is 4.67. The molecule has 0 spiro atoms. The van der Waals surface area contributed by atoms with E-state index in [1.165, 1.54) is 11.1 Å². The molecule has 1 heterocycles. The Bertz CT molecular complexity index is 637. The first-order valence-electron chi connectivity index (χ1n) is 7.42. The molecule has 0 aliphatic rings. The lowest BCUT2D eigenvalue weighted by Gasteiger charge is -2.09. The molecule has 0 amide bonds. The fourth-order valence-electron chi connectivity index (χ4n) is 2.23. The molecule has 2 N–H and O–H groups in total. The van der Waals surface area contributed by atoms with Crippen molar-refractivity contribution in [3.63, 3.8) is 0 Å². The number of aromatic nitrogens is 1. The van der Waals surface area contributed by atoms with Gasteiger partial charge in [-0.25, -0.2) is 4.98 Å². The zero-order chi connectivity index (χ0) is 15.0. The van der Waals surface area contributed by atoms with Gasteiger partial charge >= 0.3 is 0 Å². The maximum absolute atomic E-state index is 4.36. The Morgan fingerprint density at radius 3 is 1.91 bits per heavy atom. The van der Waals surface area contributed by atoms with Gasteiger partial charge < -0.3 is 10.6 Å². The third-order valence-electron chi connectivity index (χ3n) is 3.42. The van der Waals surface area contributed by atoms with E-state index in [9.17, 15) is 0 Å². The molecule has 2 aromatic carbocycles. The van der Waals surface area contributed by atoms with Gasteiger partial charge in [0.05, 0.1) is 0 Å². The minimum atomic E-state index is 0.774. The van der Waals surface area contributed by atoms with Gasteiger partial charge in [-0.15, -0.1) is 0 Å². The van der Waals surface area contributed by atoms with Gasteiger partial charge in [0.15, 0.2) is 0 Å². The van der Waals surface area contributed by atoms with E-state index in [4.69, 9.17) is 0 Å². The van der Waals surface area contributed by atoms with Crippen LogP contribution in [0.15, 0.2) is 79.0 Å². The molecule has 3 aromatic rings. The summed E-state index contributed by atoms with van der Waals surface area (Å²) in [6.45, 7) is 1.58. The normalized spacial score (nSPS) is 10.2. The molecule has 0 fully saturated rings. The maximum atomic E-state index is 4.36. The summed E-state index contributed by atoms with van der Waals surface area (Å²) in [5, 5.41) is 6.77. The van der Waals surface area contributed by atoms with Crippen molar-refractivity contribution in [3.8, 4) is 0 Å². The van der Waals surface area contributed by atoms with Crippen molar-refractivity contribution in [2.75, 3.05) is 10.6 Å². The van der Waals surface area contributed by atoms with Gasteiger partial charge in [0.1, 0.15) is 5.82 Å². The Morgan fingerprint density at radius 1 is 0.682 bits per heavy atom. The highest BCUT2D eigenvalue weighted by atomic mass is 15.0. The Morgan fingerprint density at radius 2 is 1.27 bits per heavy atom. The largest absolute Gasteiger partial charge is 0.381 e. The summed E-state index contributed by atoms with van der Waals surface area (Å²) in [4.78, 5) is 4.36. The van der Waals surface area contributed by atoms with Crippen LogP contribution in [-0.4, -0.2) is 4.98 Å². The van der Waals surface area contributed by atoms with Crippen LogP contribution in [-0.2, 0) is 13.1 Å². The monoisotopic (exact) mass is 289 g/mol. The summed E-state index contributed by atoms with van der Waals surface area (Å²) in [7, 11) is 0. The van der Waals surface area contributed by atoms with E-state index in [0.717, 1.165) is 24.6 Å². The van der Waals surface area contributed by atoms with Crippen LogP contribution in [0, 0.1) is 0 Å². The third-order valence-corrected chi connectivity index (χ3v) is 3.42. The standard InChI is InChI=1S/C19H19N3/c1-3-7-16(8-4-1)14-21-18-11-12-20-19(13-18)22-15-17-9-5-2-6-10-17/h1-13H,14-15H2,(H2,20,21,22). The molecule has 0 bridgehead atoms.